The van der Waals surface area contributed by atoms with E-state index < -0.39 is 5.82 Å². The number of likely N-dealkylation sites (tertiary alicyclic amines) is 1. The Morgan fingerprint density at radius 1 is 1.57 bits per heavy atom. The average molecular weight is 340 g/mol. The van der Waals surface area contributed by atoms with Crippen LogP contribution in [0.1, 0.15) is 24.9 Å². The lowest BCUT2D eigenvalue weighted by molar-refractivity contribution is -0.120. The number of likely N-dealkylation sites (N-methyl/N-ethyl adjacent to an activating group) is 1. The molecule has 1 saturated heterocycles. The van der Waals surface area contributed by atoms with Crippen molar-refractivity contribution in [1.82, 2.24) is 15.5 Å². The van der Waals surface area contributed by atoms with E-state index in [2.05, 4.69) is 29.0 Å². The van der Waals surface area contributed by atoms with Gasteiger partial charge in [0, 0.05) is 19.1 Å². The summed E-state index contributed by atoms with van der Waals surface area (Å²) in [7, 11) is 0. The van der Waals surface area contributed by atoms with Crippen LogP contribution in [-0.4, -0.2) is 43.0 Å². The van der Waals surface area contributed by atoms with E-state index in [-0.39, 0.29) is 29.6 Å². The highest BCUT2D eigenvalue weighted by Crippen LogP contribution is 2.33. The van der Waals surface area contributed by atoms with E-state index in [0.29, 0.717) is 6.54 Å². The first-order valence-electron chi connectivity index (χ1n) is 7.86. The Kier molecular flexibility index (Phi) is 6.57. The van der Waals surface area contributed by atoms with Gasteiger partial charge in [0.1, 0.15) is 5.82 Å². The Morgan fingerprint density at radius 2 is 2.35 bits per heavy atom. The molecule has 0 unspecified atom stereocenters. The van der Waals surface area contributed by atoms with Crippen LogP contribution in [0, 0.1) is 5.82 Å². The standard InChI is InChI=1S/C17H23ClFN3O/c1-3-8-20-16(23)11-21-15-7-9-22(4-2)17(15)12-5-6-13(18)14(19)10-12/h3,5-6,10,15,17,21H,1,4,7-9,11H2,2H3,(H,20,23)/t15-,17-/m0/s1. The number of halogens is 2. The van der Waals surface area contributed by atoms with Crippen LogP contribution in [0.5, 0.6) is 0 Å². The van der Waals surface area contributed by atoms with Gasteiger partial charge in [-0.15, -0.1) is 6.58 Å². The molecule has 2 N–H and O–H groups in total. The first-order chi connectivity index (χ1) is 11.1. The number of nitrogens with zero attached hydrogens (tertiary/aromatic N) is 1. The second-order valence-corrected chi connectivity index (χ2v) is 6.02. The molecule has 1 aromatic rings. The van der Waals surface area contributed by atoms with Crippen molar-refractivity contribution >= 4 is 17.5 Å². The van der Waals surface area contributed by atoms with E-state index in [9.17, 15) is 9.18 Å². The van der Waals surface area contributed by atoms with Gasteiger partial charge in [-0.25, -0.2) is 4.39 Å². The molecule has 0 saturated carbocycles. The average Bonchev–Trinajstić information content (AvgIpc) is 2.96. The normalized spacial score (nSPS) is 21.3. The van der Waals surface area contributed by atoms with Gasteiger partial charge in [-0.2, -0.15) is 0 Å². The Bertz CT molecular complexity index is 567. The molecule has 1 heterocycles. The molecule has 0 radical (unpaired) electrons. The number of hydrogen-bond donors (Lipinski definition) is 2. The molecule has 6 heteroatoms. The number of benzene rings is 1. The van der Waals surface area contributed by atoms with Crippen molar-refractivity contribution in [2.24, 2.45) is 0 Å². The third-order valence-electron chi connectivity index (χ3n) is 4.16. The summed E-state index contributed by atoms with van der Waals surface area (Å²) in [5, 5.41) is 6.16. The van der Waals surface area contributed by atoms with Crippen molar-refractivity contribution in [3.8, 4) is 0 Å². The molecule has 2 atom stereocenters. The van der Waals surface area contributed by atoms with Gasteiger partial charge < -0.3 is 10.6 Å². The molecule has 0 spiro atoms. The minimum Gasteiger partial charge on any atom is -0.352 e. The van der Waals surface area contributed by atoms with Crippen LogP contribution in [0.25, 0.3) is 0 Å². The van der Waals surface area contributed by atoms with E-state index in [1.165, 1.54) is 6.07 Å². The summed E-state index contributed by atoms with van der Waals surface area (Å²) in [5.74, 6) is -0.476. The molecule has 0 aromatic heterocycles. The number of carbonyl (C=O) groups excluding carboxylic acids is 1. The molecule has 23 heavy (non-hydrogen) atoms. The summed E-state index contributed by atoms with van der Waals surface area (Å²) >= 11 is 5.78. The summed E-state index contributed by atoms with van der Waals surface area (Å²) in [5.41, 5.74) is 0.884. The highest BCUT2D eigenvalue weighted by Gasteiger charge is 2.34. The predicted molar refractivity (Wildman–Crippen MR) is 91.0 cm³/mol. The van der Waals surface area contributed by atoms with Gasteiger partial charge in [0.25, 0.3) is 0 Å². The third-order valence-corrected chi connectivity index (χ3v) is 4.47. The lowest BCUT2D eigenvalue weighted by Crippen LogP contribution is -2.42. The van der Waals surface area contributed by atoms with Gasteiger partial charge >= 0.3 is 0 Å². The molecular weight excluding hydrogens is 317 g/mol. The highest BCUT2D eigenvalue weighted by molar-refractivity contribution is 6.30. The zero-order valence-corrected chi connectivity index (χ0v) is 14.1. The fourth-order valence-corrected chi connectivity index (χ4v) is 3.15. The number of carbonyl (C=O) groups is 1. The lowest BCUT2D eigenvalue weighted by Gasteiger charge is -2.28. The third kappa shape index (κ3) is 4.53. The Morgan fingerprint density at radius 3 is 3.00 bits per heavy atom. The molecule has 0 aliphatic carbocycles. The van der Waals surface area contributed by atoms with Gasteiger partial charge in [0.2, 0.25) is 5.91 Å². The van der Waals surface area contributed by atoms with Crippen molar-refractivity contribution in [2.75, 3.05) is 26.2 Å². The van der Waals surface area contributed by atoms with Gasteiger partial charge in [-0.3, -0.25) is 9.69 Å². The van der Waals surface area contributed by atoms with Crippen molar-refractivity contribution in [3.05, 3.63) is 47.3 Å². The molecule has 1 amide bonds. The summed E-state index contributed by atoms with van der Waals surface area (Å²) < 4.78 is 13.8. The topological polar surface area (TPSA) is 44.4 Å². The van der Waals surface area contributed by atoms with Crippen LogP contribution in [0.2, 0.25) is 5.02 Å². The van der Waals surface area contributed by atoms with Crippen LogP contribution in [0.15, 0.2) is 30.9 Å². The molecule has 1 fully saturated rings. The van der Waals surface area contributed by atoms with Crippen LogP contribution >= 0.6 is 11.6 Å². The maximum Gasteiger partial charge on any atom is 0.234 e. The molecule has 0 bridgehead atoms. The zero-order valence-electron chi connectivity index (χ0n) is 13.3. The summed E-state index contributed by atoms with van der Waals surface area (Å²) in [4.78, 5) is 14.0. The maximum atomic E-state index is 13.8. The van der Waals surface area contributed by atoms with Gasteiger partial charge in [0.15, 0.2) is 0 Å². The molecule has 4 nitrogen and oxygen atoms in total. The molecule has 1 aliphatic heterocycles. The first kappa shape index (κ1) is 17.9. The van der Waals surface area contributed by atoms with Crippen molar-refractivity contribution in [1.29, 1.82) is 0 Å². The highest BCUT2D eigenvalue weighted by atomic mass is 35.5. The summed E-state index contributed by atoms with van der Waals surface area (Å²) in [6.45, 7) is 8.13. The minimum absolute atomic E-state index is 0.0407. The fourth-order valence-electron chi connectivity index (χ4n) is 3.04. The van der Waals surface area contributed by atoms with Gasteiger partial charge in [-0.1, -0.05) is 30.7 Å². The molecule has 2 rings (SSSR count). The van der Waals surface area contributed by atoms with E-state index in [1.54, 1.807) is 12.1 Å². The van der Waals surface area contributed by atoms with Gasteiger partial charge in [-0.05, 0) is 30.7 Å². The maximum absolute atomic E-state index is 13.8. The second kappa shape index (κ2) is 8.43. The lowest BCUT2D eigenvalue weighted by atomic mass is 10.00. The molecular formula is C17H23ClFN3O. The van der Waals surface area contributed by atoms with Crippen LogP contribution in [0.4, 0.5) is 4.39 Å². The fraction of sp³-hybridized carbons (Fsp3) is 0.471. The zero-order chi connectivity index (χ0) is 16.8. The summed E-state index contributed by atoms with van der Waals surface area (Å²) in [6.07, 6.45) is 2.56. The first-order valence-corrected chi connectivity index (χ1v) is 8.24. The Hall–Kier alpha value is -1.43. The van der Waals surface area contributed by atoms with Crippen LogP contribution in [0.3, 0.4) is 0 Å². The SMILES string of the molecule is C=CCNC(=O)CN[C@H]1CCN(CC)[C@H]1c1ccc(Cl)c(F)c1. The number of rotatable bonds is 7. The number of amides is 1. The molecule has 1 aromatic carbocycles. The summed E-state index contributed by atoms with van der Waals surface area (Å²) in [6, 6.07) is 5.08. The van der Waals surface area contributed by atoms with E-state index in [1.807, 2.05) is 6.07 Å². The minimum atomic E-state index is -0.408. The van der Waals surface area contributed by atoms with E-state index in [0.717, 1.165) is 25.1 Å². The second-order valence-electron chi connectivity index (χ2n) is 5.62. The van der Waals surface area contributed by atoms with Crippen molar-refractivity contribution in [3.63, 3.8) is 0 Å². The Labute approximate surface area is 141 Å². The van der Waals surface area contributed by atoms with Crippen molar-refractivity contribution < 1.29 is 9.18 Å². The Balaban J connectivity index is 2.07. The number of hydrogen-bond acceptors (Lipinski definition) is 3. The van der Waals surface area contributed by atoms with Crippen molar-refractivity contribution in [2.45, 2.75) is 25.4 Å². The molecule has 1 aliphatic rings. The number of nitrogens with one attached hydrogen (secondary N) is 2. The molecule has 126 valence electrons. The monoisotopic (exact) mass is 339 g/mol. The predicted octanol–water partition coefficient (Wildman–Crippen LogP) is 2.51. The van der Waals surface area contributed by atoms with E-state index >= 15 is 0 Å². The van der Waals surface area contributed by atoms with E-state index in [4.69, 9.17) is 11.6 Å². The van der Waals surface area contributed by atoms with Crippen LogP contribution in [-0.2, 0) is 4.79 Å². The van der Waals surface area contributed by atoms with Gasteiger partial charge in [0.05, 0.1) is 17.6 Å². The smallest absolute Gasteiger partial charge is 0.234 e. The quantitative estimate of drug-likeness (QED) is 0.750. The van der Waals surface area contributed by atoms with Crippen LogP contribution < -0.4 is 10.6 Å². The largest absolute Gasteiger partial charge is 0.352 e.